The van der Waals surface area contributed by atoms with Crippen LogP contribution in [0.15, 0.2) is 60.7 Å². The molecule has 0 saturated carbocycles. The normalized spacial score (nSPS) is 10.7. The smallest absolute Gasteiger partial charge is 0.335 e. The van der Waals surface area contributed by atoms with Crippen LogP contribution in [0.3, 0.4) is 0 Å². The average molecular weight is 460 g/mol. The molecule has 0 aromatic heterocycles. The van der Waals surface area contributed by atoms with E-state index in [4.69, 9.17) is 37.8 Å². The van der Waals surface area contributed by atoms with Gasteiger partial charge in [0, 0.05) is 29.2 Å². The lowest BCUT2D eigenvalue weighted by Gasteiger charge is -2.15. The summed E-state index contributed by atoms with van der Waals surface area (Å²) in [6, 6.07) is 17.9. The number of nitrogens with one attached hydrogen (secondary N) is 1. The molecule has 31 heavy (non-hydrogen) atoms. The molecule has 0 amide bonds. The van der Waals surface area contributed by atoms with E-state index in [1.165, 1.54) is 0 Å². The van der Waals surface area contributed by atoms with Crippen molar-refractivity contribution in [2.45, 2.75) is 26.6 Å². The predicted molar refractivity (Wildman–Crippen MR) is 122 cm³/mol. The molecule has 0 aliphatic carbocycles. The second-order valence-corrected chi connectivity index (χ2v) is 7.69. The zero-order chi connectivity index (χ0) is 22.2. The van der Waals surface area contributed by atoms with E-state index >= 15 is 0 Å². The molecule has 0 aliphatic rings. The monoisotopic (exact) mass is 459 g/mol. The van der Waals surface area contributed by atoms with Gasteiger partial charge in [0.15, 0.2) is 11.5 Å². The first-order chi connectivity index (χ1) is 15.0. The summed E-state index contributed by atoms with van der Waals surface area (Å²) < 4.78 is 11.7. The quantitative estimate of drug-likeness (QED) is 0.391. The van der Waals surface area contributed by atoms with Crippen LogP contribution in [0.2, 0.25) is 10.0 Å². The van der Waals surface area contributed by atoms with Crippen LogP contribution in [0, 0.1) is 0 Å². The maximum absolute atomic E-state index is 10.9. The lowest BCUT2D eigenvalue weighted by Crippen LogP contribution is -2.13. The minimum absolute atomic E-state index is 0.265. The molecule has 7 heteroatoms. The number of carbonyl (C=O) groups is 1. The van der Waals surface area contributed by atoms with Gasteiger partial charge in [0.1, 0.15) is 6.61 Å². The highest BCUT2D eigenvalue weighted by Gasteiger charge is 2.12. The molecule has 0 spiro atoms. The van der Waals surface area contributed by atoms with Crippen LogP contribution in [-0.2, 0) is 19.7 Å². The first kappa shape index (κ1) is 22.9. The Kier molecular flexibility index (Phi) is 8.18. The van der Waals surface area contributed by atoms with Gasteiger partial charge in [0.05, 0.1) is 12.2 Å². The van der Waals surface area contributed by atoms with Gasteiger partial charge in [0.25, 0.3) is 0 Å². The number of carboxylic acid groups (broad SMARTS) is 1. The van der Waals surface area contributed by atoms with Crippen molar-refractivity contribution in [3.8, 4) is 11.5 Å². The van der Waals surface area contributed by atoms with Gasteiger partial charge in [-0.05, 0) is 53.9 Å². The Balaban J connectivity index is 1.65. The fourth-order valence-corrected chi connectivity index (χ4v) is 3.42. The van der Waals surface area contributed by atoms with Gasteiger partial charge in [-0.1, -0.05) is 47.5 Å². The SMILES string of the molecule is CCOc1cc(CNCc2ccc(C(=O)O)cc2)c(Cl)cc1OCc1cccc(Cl)c1. The number of hydrogen-bond donors (Lipinski definition) is 2. The molecule has 3 rings (SSSR count). The maximum Gasteiger partial charge on any atom is 0.335 e. The lowest BCUT2D eigenvalue weighted by atomic mass is 10.1. The Hall–Kier alpha value is -2.73. The van der Waals surface area contributed by atoms with Crippen molar-refractivity contribution < 1.29 is 19.4 Å². The third kappa shape index (κ3) is 6.62. The van der Waals surface area contributed by atoms with Crippen molar-refractivity contribution in [3.05, 3.63) is 93.0 Å². The van der Waals surface area contributed by atoms with Gasteiger partial charge < -0.3 is 19.9 Å². The van der Waals surface area contributed by atoms with Crippen molar-refractivity contribution in [1.29, 1.82) is 0 Å². The van der Waals surface area contributed by atoms with E-state index in [1.807, 2.05) is 37.3 Å². The van der Waals surface area contributed by atoms with E-state index in [2.05, 4.69) is 5.32 Å². The Morgan fingerprint density at radius 3 is 2.35 bits per heavy atom. The number of carboxylic acids is 1. The maximum atomic E-state index is 10.9. The summed E-state index contributed by atoms with van der Waals surface area (Å²) in [5, 5.41) is 13.5. The topological polar surface area (TPSA) is 67.8 Å². The molecule has 0 fully saturated rings. The van der Waals surface area contributed by atoms with E-state index < -0.39 is 5.97 Å². The van der Waals surface area contributed by atoms with Crippen LogP contribution >= 0.6 is 23.2 Å². The second kappa shape index (κ2) is 11.0. The van der Waals surface area contributed by atoms with Gasteiger partial charge >= 0.3 is 5.97 Å². The lowest BCUT2D eigenvalue weighted by molar-refractivity contribution is 0.0697. The van der Waals surface area contributed by atoms with Gasteiger partial charge in [-0.2, -0.15) is 0 Å². The molecule has 2 N–H and O–H groups in total. The highest BCUT2D eigenvalue weighted by atomic mass is 35.5. The molecule has 0 radical (unpaired) electrons. The molecule has 0 unspecified atom stereocenters. The van der Waals surface area contributed by atoms with Crippen molar-refractivity contribution in [1.82, 2.24) is 5.32 Å². The second-order valence-electron chi connectivity index (χ2n) is 6.85. The molecule has 0 saturated heterocycles. The molecule has 3 aromatic carbocycles. The van der Waals surface area contributed by atoms with Crippen LogP contribution in [0.4, 0.5) is 0 Å². The molecule has 162 valence electrons. The summed E-state index contributed by atoms with van der Waals surface area (Å²) in [6.07, 6.45) is 0. The van der Waals surface area contributed by atoms with Crippen LogP contribution in [0.5, 0.6) is 11.5 Å². The molecular weight excluding hydrogens is 437 g/mol. The number of rotatable bonds is 10. The standard InChI is InChI=1S/C24H23Cl2NO4/c1-2-30-22-11-19(14-27-13-16-6-8-18(9-7-16)24(28)29)21(26)12-23(22)31-15-17-4-3-5-20(25)10-17/h3-12,27H,2,13-15H2,1H3,(H,28,29). The van der Waals surface area contributed by atoms with Crippen molar-refractivity contribution in [2.75, 3.05) is 6.61 Å². The number of hydrogen-bond acceptors (Lipinski definition) is 4. The van der Waals surface area contributed by atoms with Crippen LogP contribution in [0.1, 0.15) is 34.0 Å². The summed E-state index contributed by atoms with van der Waals surface area (Å²) in [7, 11) is 0. The predicted octanol–water partition coefficient (Wildman–Crippen LogP) is 5.96. The minimum atomic E-state index is -0.938. The van der Waals surface area contributed by atoms with Crippen molar-refractivity contribution in [3.63, 3.8) is 0 Å². The molecule has 0 aliphatic heterocycles. The first-order valence-electron chi connectivity index (χ1n) is 9.81. The molecule has 3 aromatic rings. The highest BCUT2D eigenvalue weighted by Crippen LogP contribution is 2.34. The zero-order valence-electron chi connectivity index (χ0n) is 17.0. The van der Waals surface area contributed by atoms with Gasteiger partial charge in [-0.15, -0.1) is 0 Å². The number of benzene rings is 3. The summed E-state index contributed by atoms with van der Waals surface area (Å²) in [4.78, 5) is 10.9. The molecule has 0 heterocycles. The molecule has 0 atom stereocenters. The van der Waals surface area contributed by atoms with Crippen molar-refractivity contribution >= 4 is 29.2 Å². The van der Waals surface area contributed by atoms with E-state index in [1.54, 1.807) is 30.3 Å². The Morgan fingerprint density at radius 2 is 1.68 bits per heavy atom. The van der Waals surface area contributed by atoms with Crippen LogP contribution < -0.4 is 14.8 Å². The van der Waals surface area contributed by atoms with Crippen LogP contribution in [-0.4, -0.2) is 17.7 Å². The molecule has 0 bridgehead atoms. The number of halogens is 2. The fraction of sp³-hybridized carbons (Fsp3) is 0.208. The largest absolute Gasteiger partial charge is 0.490 e. The third-order valence-corrected chi connectivity index (χ3v) is 5.13. The highest BCUT2D eigenvalue weighted by molar-refractivity contribution is 6.31. The van der Waals surface area contributed by atoms with Gasteiger partial charge in [0.2, 0.25) is 0 Å². The summed E-state index contributed by atoms with van der Waals surface area (Å²) in [6.45, 7) is 3.86. The van der Waals surface area contributed by atoms with Gasteiger partial charge in [-0.3, -0.25) is 0 Å². The van der Waals surface area contributed by atoms with E-state index in [0.717, 1.165) is 16.7 Å². The zero-order valence-corrected chi connectivity index (χ0v) is 18.5. The summed E-state index contributed by atoms with van der Waals surface area (Å²) in [5.74, 6) is 0.254. The summed E-state index contributed by atoms with van der Waals surface area (Å²) in [5.41, 5.74) is 3.07. The Labute approximate surface area is 191 Å². The van der Waals surface area contributed by atoms with E-state index in [0.29, 0.717) is 47.8 Å². The summed E-state index contributed by atoms with van der Waals surface area (Å²) >= 11 is 12.5. The van der Waals surface area contributed by atoms with Crippen molar-refractivity contribution in [2.24, 2.45) is 0 Å². The van der Waals surface area contributed by atoms with E-state index in [-0.39, 0.29) is 5.56 Å². The minimum Gasteiger partial charge on any atom is -0.490 e. The average Bonchev–Trinajstić information content (AvgIpc) is 2.75. The molecule has 5 nitrogen and oxygen atoms in total. The van der Waals surface area contributed by atoms with Gasteiger partial charge in [-0.25, -0.2) is 4.79 Å². The number of aromatic carboxylic acids is 1. The Bertz CT molecular complexity index is 1040. The van der Waals surface area contributed by atoms with Crippen LogP contribution in [0.25, 0.3) is 0 Å². The van der Waals surface area contributed by atoms with E-state index in [9.17, 15) is 4.79 Å². The number of ether oxygens (including phenoxy) is 2. The fourth-order valence-electron chi connectivity index (χ4n) is 2.99. The first-order valence-corrected chi connectivity index (χ1v) is 10.6. The Morgan fingerprint density at radius 1 is 0.935 bits per heavy atom. The molecular formula is C24H23Cl2NO4. The third-order valence-electron chi connectivity index (χ3n) is 4.54.